The minimum atomic E-state index is -1.68. The highest BCUT2D eigenvalue weighted by atomic mass is 35.6. The molecular weight excluding hydrogens is 413 g/mol. The number of ether oxygens (including phenoxy) is 2. The van der Waals surface area contributed by atoms with Crippen molar-refractivity contribution < 1.29 is 19.1 Å². The fourth-order valence-corrected chi connectivity index (χ4v) is 4.30. The Morgan fingerprint density at radius 2 is 2.09 bits per heavy atom. The third kappa shape index (κ3) is 7.79. The summed E-state index contributed by atoms with van der Waals surface area (Å²) in [4.78, 5) is 22.8. The molecule has 1 rings (SSSR count). The molecule has 1 N–H and O–H groups in total. The van der Waals surface area contributed by atoms with Gasteiger partial charge < -0.3 is 14.8 Å². The quantitative estimate of drug-likeness (QED) is 0.300. The first-order valence-corrected chi connectivity index (χ1v) is 9.63. The number of carbonyl (C=O) groups is 2. The summed E-state index contributed by atoms with van der Waals surface area (Å²) >= 11 is 24.5. The van der Waals surface area contributed by atoms with Crippen LogP contribution in [0.25, 0.3) is 0 Å². The maximum Gasteiger partial charge on any atom is 0.508 e. The number of hydrogen-bond donors (Lipinski definition) is 1. The number of β-lactam (4-membered cyclic amide) rings is 1. The monoisotopic (exact) mass is 425 g/mol. The second-order valence-corrected chi connectivity index (χ2v) is 10.3. The predicted octanol–water partition coefficient (Wildman–Crippen LogP) is 3.74. The van der Waals surface area contributed by atoms with Crippen LogP contribution >= 0.6 is 70.5 Å². The van der Waals surface area contributed by atoms with E-state index in [0.29, 0.717) is 6.42 Å². The fourth-order valence-electron chi connectivity index (χ4n) is 1.49. The van der Waals surface area contributed by atoms with Crippen LogP contribution in [0.15, 0.2) is 0 Å². The number of alkyl halides is 3. The summed E-state index contributed by atoms with van der Waals surface area (Å²) in [6.45, 7) is 1.65. The van der Waals surface area contributed by atoms with E-state index in [1.807, 2.05) is 6.92 Å². The molecule has 1 saturated heterocycles. The first-order valence-electron chi connectivity index (χ1n) is 6.23. The van der Waals surface area contributed by atoms with Crippen LogP contribution in [0.1, 0.15) is 13.3 Å². The summed E-state index contributed by atoms with van der Waals surface area (Å²) in [7, 11) is 0. The van der Waals surface area contributed by atoms with Gasteiger partial charge in [0.1, 0.15) is 10.1 Å². The van der Waals surface area contributed by atoms with Crippen molar-refractivity contribution in [2.45, 2.75) is 22.5 Å². The smallest absolute Gasteiger partial charge is 0.434 e. The lowest BCUT2D eigenvalue weighted by molar-refractivity contribution is -0.133. The van der Waals surface area contributed by atoms with Gasteiger partial charge in [-0.2, -0.15) is 0 Å². The molecule has 11 heteroatoms. The molecular formula is C11H14Cl3NO4S3. The van der Waals surface area contributed by atoms with Gasteiger partial charge in [0.2, 0.25) is 9.70 Å². The lowest BCUT2D eigenvalue weighted by Crippen LogP contribution is -2.56. The molecule has 0 unspecified atom stereocenters. The Balaban J connectivity index is 2.24. The van der Waals surface area contributed by atoms with Crippen LogP contribution in [0.3, 0.4) is 0 Å². The molecule has 0 spiro atoms. The van der Waals surface area contributed by atoms with Gasteiger partial charge in [0, 0.05) is 0 Å². The zero-order valence-electron chi connectivity index (χ0n) is 11.5. The van der Waals surface area contributed by atoms with E-state index in [-0.39, 0.29) is 23.8 Å². The molecule has 1 heterocycles. The SMILES string of the molecule is CCSC(=S)S[C@H]1NC(=O)[C@@H]1CCOC(=O)OCC(Cl)(Cl)Cl. The molecule has 126 valence electrons. The highest BCUT2D eigenvalue weighted by Crippen LogP contribution is 2.32. The first kappa shape index (κ1) is 20.4. The zero-order valence-corrected chi connectivity index (χ0v) is 16.2. The summed E-state index contributed by atoms with van der Waals surface area (Å²) in [5.41, 5.74) is 0. The third-order valence-corrected chi connectivity index (χ3v) is 5.50. The normalized spacial score (nSPS) is 20.8. The second-order valence-electron chi connectivity index (χ2n) is 4.13. The minimum Gasteiger partial charge on any atom is -0.434 e. The van der Waals surface area contributed by atoms with Crippen molar-refractivity contribution in [2.24, 2.45) is 5.92 Å². The van der Waals surface area contributed by atoms with Gasteiger partial charge in [-0.05, 0) is 12.2 Å². The Kier molecular flexibility index (Phi) is 8.96. The Labute approximate surface area is 157 Å². The molecule has 1 aliphatic rings. The number of thiocarbonyl (C=S) groups is 1. The average Bonchev–Trinajstić information content (AvgIpc) is 2.40. The molecule has 0 bridgehead atoms. The standard InChI is InChI=1S/C11H14Cl3NO4S3/c1-2-21-10(20)22-8-6(7(16)15-8)3-4-18-9(17)19-5-11(12,13)14/h6,8H,2-5H2,1H3,(H,15,16)/t6-,8+/m0/s1. The van der Waals surface area contributed by atoms with Crippen LogP contribution in [0, 0.1) is 5.92 Å². The fraction of sp³-hybridized carbons (Fsp3) is 0.727. The number of carbonyl (C=O) groups excluding carboxylic acids is 2. The van der Waals surface area contributed by atoms with Crippen molar-refractivity contribution in [1.29, 1.82) is 0 Å². The van der Waals surface area contributed by atoms with Crippen molar-refractivity contribution in [1.82, 2.24) is 5.32 Å². The maximum atomic E-state index is 11.5. The van der Waals surface area contributed by atoms with E-state index < -0.39 is 16.6 Å². The van der Waals surface area contributed by atoms with Gasteiger partial charge >= 0.3 is 6.16 Å². The molecule has 0 aromatic rings. The van der Waals surface area contributed by atoms with E-state index in [0.717, 1.165) is 9.28 Å². The second kappa shape index (κ2) is 9.64. The van der Waals surface area contributed by atoms with Crippen LogP contribution in [0.2, 0.25) is 0 Å². The van der Waals surface area contributed by atoms with Crippen LogP contribution in [-0.2, 0) is 14.3 Å². The Morgan fingerprint density at radius 1 is 1.41 bits per heavy atom. The van der Waals surface area contributed by atoms with Crippen molar-refractivity contribution in [2.75, 3.05) is 19.0 Å². The molecule has 5 nitrogen and oxygen atoms in total. The molecule has 0 aromatic heterocycles. The highest BCUT2D eigenvalue weighted by molar-refractivity contribution is 8.47. The number of nitrogens with one attached hydrogen (secondary N) is 1. The number of hydrogen-bond acceptors (Lipinski definition) is 7. The molecule has 0 radical (unpaired) electrons. The first-order chi connectivity index (χ1) is 10.2. The van der Waals surface area contributed by atoms with Crippen molar-refractivity contribution >= 4 is 86.1 Å². The molecule has 2 atom stereocenters. The van der Waals surface area contributed by atoms with E-state index in [4.69, 9.17) is 51.8 Å². The van der Waals surface area contributed by atoms with Gasteiger partial charge in [-0.3, -0.25) is 4.79 Å². The van der Waals surface area contributed by atoms with E-state index in [1.165, 1.54) is 11.8 Å². The maximum absolute atomic E-state index is 11.5. The average molecular weight is 427 g/mol. The Morgan fingerprint density at radius 3 is 2.64 bits per heavy atom. The van der Waals surface area contributed by atoms with Crippen LogP contribution < -0.4 is 5.32 Å². The molecule has 1 amide bonds. The van der Waals surface area contributed by atoms with Gasteiger partial charge in [0.05, 0.1) is 17.9 Å². The number of halogens is 3. The minimum absolute atomic E-state index is 0.0432. The van der Waals surface area contributed by atoms with Crippen LogP contribution in [-0.4, -0.2) is 43.7 Å². The molecule has 1 fully saturated rings. The largest absolute Gasteiger partial charge is 0.508 e. The lowest BCUT2D eigenvalue weighted by atomic mass is 9.98. The van der Waals surface area contributed by atoms with E-state index in [2.05, 4.69) is 10.1 Å². The Hall–Kier alpha value is 0.400. The van der Waals surface area contributed by atoms with E-state index >= 15 is 0 Å². The molecule has 1 aliphatic heterocycles. The molecule has 22 heavy (non-hydrogen) atoms. The van der Waals surface area contributed by atoms with Crippen molar-refractivity contribution in [3.05, 3.63) is 0 Å². The van der Waals surface area contributed by atoms with Gasteiger partial charge in [-0.1, -0.05) is 65.7 Å². The van der Waals surface area contributed by atoms with E-state index in [9.17, 15) is 9.59 Å². The van der Waals surface area contributed by atoms with Crippen LogP contribution in [0.5, 0.6) is 0 Å². The van der Waals surface area contributed by atoms with Gasteiger partial charge in [-0.15, -0.1) is 11.8 Å². The zero-order chi connectivity index (χ0) is 16.8. The summed E-state index contributed by atoms with van der Waals surface area (Å²) < 4.78 is 8.53. The van der Waals surface area contributed by atoms with Crippen molar-refractivity contribution in [3.63, 3.8) is 0 Å². The van der Waals surface area contributed by atoms with Gasteiger partial charge in [-0.25, -0.2) is 4.79 Å². The molecule has 0 saturated carbocycles. The molecule has 0 aromatic carbocycles. The summed E-state index contributed by atoms with van der Waals surface area (Å²) in [6.07, 6.45) is -0.557. The summed E-state index contributed by atoms with van der Waals surface area (Å²) in [5.74, 6) is 0.552. The lowest BCUT2D eigenvalue weighted by Gasteiger charge is -2.35. The third-order valence-electron chi connectivity index (χ3n) is 2.47. The van der Waals surface area contributed by atoms with Crippen LogP contribution in [0.4, 0.5) is 4.79 Å². The Bertz CT molecular complexity index is 433. The number of thioether (sulfide) groups is 2. The van der Waals surface area contributed by atoms with Crippen molar-refractivity contribution in [3.8, 4) is 0 Å². The summed E-state index contributed by atoms with van der Waals surface area (Å²) in [5, 5.41) is 2.68. The number of rotatable bonds is 6. The topological polar surface area (TPSA) is 64.6 Å². The van der Waals surface area contributed by atoms with Gasteiger partial charge in [0.25, 0.3) is 0 Å². The number of amides is 1. The van der Waals surface area contributed by atoms with E-state index in [1.54, 1.807) is 11.8 Å². The summed E-state index contributed by atoms with van der Waals surface area (Å²) in [6, 6.07) is 0. The highest BCUT2D eigenvalue weighted by Gasteiger charge is 2.40. The van der Waals surface area contributed by atoms with Gasteiger partial charge in [0.15, 0.2) is 0 Å². The predicted molar refractivity (Wildman–Crippen MR) is 95.9 cm³/mol. The molecule has 0 aliphatic carbocycles.